The first kappa shape index (κ1) is 37.3. The van der Waals surface area contributed by atoms with Gasteiger partial charge >= 0.3 is 5.92 Å². The largest absolute Gasteiger partial charge is 0.351 e. The molecule has 2 aromatic heterocycles. The van der Waals surface area contributed by atoms with Crippen LogP contribution < -0.4 is 16.0 Å². The second-order valence-electron chi connectivity index (χ2n) is 12.8. The van der Waals surface area contributed by atoms with Crippen LogP contribution in [0.2, 0.25) is 0 Å². The van der Waals surface area contributed by atoms with Gasteiger partial charge in [-0.2, -0.15) is 14.0 Å². The monoisotopic (exact) mass is 725 g/mol. The lowest BCUT2D eigenvalue weighted by molar-refractivity contribution is -0.149. The quantitative estimate of drug-likeness (QED) is 0.251. The summed E-state index contributed by atoms with van der Waals surface area (Å²) in [5.41, 5.74) is -0.866. The van der Waals surface area contributed by atoms with E-state index in [-0.39, 0.29) is 28.5 Å². The van der Waals surface area contributed by atoms with Gasteiger partial charge in [0.25, 0.3) is 11.8 Å². The molecule has 17 heteroatoms. The van der Waals surface area contributed by atoms with Crippen molar-refractivity contribution in [2.75, 3.05) is 38.5 Å². The number of piperazine rings is 1. The minimum absolute atomic E-state index is 0.0635. The summed E-state index contributed by atoms with van der Waals surface area (Å²) < 4.78 is 49.9. The fraction of sp³-hybridized carbons (Fsp3) is 0.471. The van der Waals surface area contributed by atoms with Gasteiger partial charge in [-0.15, -0.1) is 5.10 Å². The molecule has 5 rings (SSSR count). The van der Waals surface area contributed by atoms with Crippen molar-refractivity contribution in [3.8, 4) is 6.07 Å². The minimum atomic E-state index is -4.11. The third kappa shape index (κ3) is 9.44. The molecule has 1 saturated carbocycles. The van der Waals surface area contributed by atoms with Crippen LogP contribution in [0.1, 0.15) is 64.9 Å². The molecule has 2 atom stereocenters. The molecule has 0 unspecified atom stereocenters. The Morgan fingerprint density at radius 1 is 1.02 bits per heavy atom. The van der Waals surface area contributed by atoms with E-state index in [9.17, 15) is 19.2 Å². The van der Waals surface area contributed by atoms with Crippen LogP contribution >= 0.6 is 11.5 Å². The number of pyridine rings is 1. The van der Waals surface area contributed by atoms with E-state index in [1.807, 2.05) is 7.05 Å². The number of alkyl halides is 2. The van der Waals surface area contributed by atoms with E-state index in [0.29, 0.717) is 44.6 Å². The SMILES string of the molecule is CN1CCN(C(=O)[C@@H](Cc2ccc(NC(=O)[C@@H](NC(=O)C(F)(F)c3cncc(C#N)c3)C3CCCCCC3)c(F)c2)NC(=O)c2cnns2)CC1. The molecule has 1 aliphatic heterocycles. The van der Waals surface area contributed by atoms with Gasteiger partial charge in [-0.1, -0.05) is 36.2 Å². The Morgan fingerprint density at radius 2 is 1.75 bits per heavy atom. The van der Waals surface area contributed by atoms with E-state index in [4.69, 9.17) is 5.26 Å². The molecule has 2 fully saturated rings. The van der Waals surface area contributed by atoms with Crippen LogP contribution in [0.3, 0.4) is 0 Å². The lowest BCUT2D eigenvalue weighted by atomic mass is 9.90. The molecular formula is C34H38F3N9O4S. The first-order valence-electron chi connectivity index (χ1n) is 16.7. The topological polar surface area (TPSA) is 173 Å². The molecule has 1 saturated heterocycles. The Kier molecular flexibility index (Phi) is 12.3. The zero-order valence-corrected chi connectivity index (χ0v) is 28.7. The molecular weight excluding hydrogens is 687 g/mol. The number of halogens is 3. The van der Waals surface area contributed by atoms with Gasteiger partial charge in [0.15, 0.2) is 0 Å². The summed E-state index contributed by atoms with van der Waals surface area (Å²) in [6.07, 6.45) is 7.28. The van der Waals surface area contributed by atoms with Gasteiger partial charge in [-0.25, -0.2) is 4.39 Å². The maximum atomic E-state index is 15.6. The summed E-state index contributed by atoms with van der Waals surface area (Å²) in [5.74, 6) is -8.95. The standard InChI is InChI=1S/C34H38F3N9O4S/c1-45-10-12-46(13-11-45)32(49)27(42-30(47)28-20-40-44-51-28)16-21-8-9-26(25(35)15-21)41-31(48)29(23-6-4-2-3-5-7-23)43-33(50)34(36,37)24-14-22(17-38)18-39-19-24/h8-9,14-15,18-20,23,27,29H,2-7,10-13,16H2,1H3,(H,41,48)(H,42,47)(H,43,50)/t27-,29+/m1/s1. The lowest BCUT2D eigenvalue weighted by Gasteiger charge is -2.34. The van der Waals surface area contributed by atoms with Crippen LogP contribution in [0.5, 0.6) is 0 Å². The van der Waals surface area contributed by atoms with Gasteiger partial charge in [0, 0.05) is 45.0 Å². The maximum Gasteiger partial charge on any atom is 0.351 e. The van der Waals surface area contributed by atoms with Gasteiger partial charge in [-0.3, -0.25) is 24.2 Å². The number of nitriles is 1. The third-order valence-electron chi connectivity index (χ3n) is 9.19. The fourth-order valence-electron chi connectivity index (χ4n) is 6.25. The number of amides is 4. The predicted octanol–water partition coefficient (Wildman–Crippen LogP) is 3.24. The first-order chi connectivity index (χ1) is 24.5. The summed E-state index contributed by atoms with van der Waals surface area (Å²) in [7, 11) is 1.94. The molecule has 1 aromatic carbocycles. The van der Waals surface area contributed by atoms with Gasteiger partial charge < -0.3 is 25.8 Å². The molecule has 4 amide bonds. The molecule has 0 radical (unpaired) electrons. The van der Waals surface area contributed by atoms with Crippen molar-refractivity contribution >= 4 is 40.8 Å². The Morgan fingerprint density at radius 3 is 2.39 bits per heavy atom. The van der Waals surface area contributed by atoms with Crippen molar-refractivity contribution in [1.29, 1.82) is 5.26 Å². The summed E-state index contributed by atoms with van der Waals surface area (Å²) in [6.45, 7) is 2.22. The molecule has 13 nitrogen and oxygen atoms in total. The van der Waals surface area contributed by atoms with E-state index >= 15 is 13.2 Å². The van der Waals surface area contributed by atoms with Crippen LogP contribution in [0, 0.1) is 23.1 Å². The second kappa shape index (κ2) is 16.8. The molecule has 3 N–H and O–H groups in total. The second-order valence-corrected chi connectivity index (χ2v) is 13.6. The number of anilines is 1. The highest BCUT2D eigenvalue weighted by molar-refractivity contribution is 7.07. The number of carbonyl (C=O) groups excluding carboxylic acids is 4. The lowest BCUT2D eigenvalue weighted by Crippen LogP contribution is -2.55. The van der Waals surface area contributed by atoms with Crippen molar-refractivity contribution in [2.45, 2.75) is 63.0 Å². The minimum Gasteiger partial charge on any atom is -0.339 e. The third-order valence-corrected chi connectivity index (χ3v) is 9.85. The number of rotatable bonds is 11. The average Bonchev–Trinajstić information content (AvgIpc) is 3.54. The number of benzene rings is 1. The highest BCUT2D eigenvalue weighted by Gasteiger charge is 2.44. The molecule has 0 bridgehead atoms. The van der Waals surface area contributed by atoms with Crippen LogP contribution in [-0.4, -0.2) is 93.3 Å². The summed E-state index contributed by atoms with van der Waals surface area (Å²) in [5, 5.41) is 20.2. The van der Waals surface area contributed by atoms with Gasteiger partial charge in [0.1, 0.15) is 28.8 Å². The van der Waals surface area contributed by atoms with Gasteiger partial charge in [-0.05, 0) is 61.1 Å². The van der Waals surface area contributed by atoms with E-state index in [1.165, 1.54) is 18.3 Å². The molecule has 0 spiro atoms. The fourth-order valence-corrected chi connectivity index (χ4v) is 6.67. The maximum absolute atomic E-state index is 15.6. The van der Waals surface area contributed by atoms with Crippen LogP contribution in [0.4, 0.5) is 18.9 Å². The van der Waals surface area contributed by atoms with Gasteiger partial charge in [0.05, 0.1) is 23.0 Å². The zero-order valence-electron chi connectivity index (χ0n) is 27.9. The van der Waals surface area contributed by atoms with Gasteiger partial charge in [0.2, 0.25) is 11.8 Å². The van der Waals surface area contributed by atoms with Crippen molar-refractivity contribution in [1.82, 2.24) is 35.0 Å². The highest BCUT2D eigenvalue weighted by Crippen LogP contribution is 2.31. The summed E-state index contributed by atoms with van der Waals surface area (Å²) in [6, 6.07) is 4.02. The number of nitrogens with one attached hydrogen (secondary N) is 3. The molecule has 51 heavy (non-hydrogen) atoms. The molecule has 270 valence electrons. The smallest absolute Gasteiger partial charge is 0.339 e. The van der Waals surface area contributed by atoms with Crippen LogP contribution in [0.25, 0.3) is 0 Å². The van der Waals surface area contributed by atoms with Crippen molar-refractivity contribution in [2.24, 2.45) is 5.92 Å². The molecule has 2 aliphatic rings. The Bertz CT molecular complexity index is 1760. The van der Waals surface area contributed by atoms with E-state index in [1.54, 1.807) is 11.0 Å². The van der Waals surface area contributed by atoms with Crippen LogP contribution in [0.15, 0.2) is 42.9 Å². The average molecular weight is 726 g/mol. The van der Waals surface area contributed by atoms with Crippen LogP contribution in [-0.2, 0) is 26.7 Å². The van der Waals surface area contributed by atoms with E-state index < -0.39 is 53.0 Å². The van der Waals surface area contributed by atoms with Crippen molar-refractivity contribution in [3.05, 3.63) is 70.2 Å². The number of nitrogens with zero attached hydrogens (tertiary/aromatic N) is 6. The number of hydrogen-bond donors (Lipinski definition) is 3. The number of likely N-dealkylation sites (N-methyl/N-ethyl adjacent to an activating group) is 1. The van der Waals surface area contributed by atoms with E-state index in [0.717, 1.165) is 61.7 Å². The number of hydrogen-bond acceptors (Lipinski definition) is 10. The Hall–Kier alpha value is -4.95. The summed E-state index contributed by atoms with van der Waals surface area (Å²) >= 11 is 0.868. The highest BCUT2D eigenvalue weighted by atomic mass is 32.1. The predicted molar refractivity (Wildman–Crippen MR) is 180 cm³/mol. The number of aromatic nitrogens is 3. The first-order valence-corrected chi connectivity index (χ1v) is 17.4. The number of carbonyl (C=O) groups is 4. The van der Waals surface area contributed by atoms with E-state index in [2.05, 4.69) is 35.4 Å². The molecule has 1 aliphatic carbocycles. The van der Waals surface area contributed by atoms with Crippen molar-refractivity contribution < 1.29 is 32.3 Å². The zero-order chi connectivity index (χ0) is 36.5. The normalized spacial score (nSPS) is 17.0. The Labute approximate surface area is 296 Å². The van der Waals surface area contributed by atoms with Crippen molar-refractivity contribution in [3.63, 3.8) is 0 Å². The Balaban J connectivity index is 1.33. The summed E-state index contributed by atoms with van der Waals surface area (Å²) in [4.78, 5) is 60.6. The molecule has 3 heterocycles. The molecule has 3 aromatic rings.